The molecule has 0 amide bonds. The molecule has 0 heterocycles. The molecule has 1 atom stereocenters. The van der Waals surface area contributed by atoms with Gasteiger partial charge in [0.2, 0.25) is 0 Å². The molecule has 0 aliphatic rings. The topological polar surface area (TPSA) is 32.3 Å². The Morgan fingerprint density at radius 2 is 1.79 bits per heavy atom. The van der Waals surface area contributed by atoms with Crippen LogP contribution in [0.4, 0.5) is 18.9 Å². The maximum Gasteiger partial charge on any atom is 0.446 e. The van der Waals surface area contributed by atoms with Gasteiger partial charge < -0.3 is 10.4 Å². The number of aliphatic hydroxyl groups is 1. The van der Waals surface area contributed by atoms with Gasteiger partial charge >= 0.3 is 5.51 Å². The molecular weight excluding hydrogens is 275 g/mol. The summed E-state index contributed by atoms with van der Waals surface area (Å²) in [5.41, 5.74) is -3.73. The van der Waals surface area contributed by atoms with E-state index in [0.29, 0.717) is 6.54 Å². The fraction of sp³-hybridized carbons (Fsp3) is 0.538. The third kappa shape index (κ3) is 5.74. The average molecular weight is 293 g/mol. The highest BCUT2D eigenvalue weighted by Crippen LogP contribution is 2.37. The standard InChI is InChI=1S/C13H18F3NOS/c1-3-12(2,9-18)8-17-10-4-6-11(7-5-10)19-13(14,15)16/h4-7,17-18H,3,8-9H2,1-2H3. The molecule has 1 aromatic rings. The summed E-state index contributed by atoms with van der Waals surface area (Å²) < 4.78 is 36.5. The number of benzene rings is 1. The van der Waals surface area contributed by atoms with Crippen LogP contribution in [0.5, 0.6) is 0 Å². The van der Waals surface area contributed by atoms with E-state index in [0.717, 1.165) is 12.1 Å². The summed E-state index contributed by atoms with van der Waals surface area (Å²) in [6.45, 7) is 4.58. The predicted molar refractivity (Wildman–Crippen MR) is 72.3 cm³/mol. The summed E-state index contributed by atoms with van der Waals surface area (Å²) in [7, 11) is 0. The fourth-order valence-electron chi connectivity index (χ4n) is 1.38. The van der Waals surface area contributed by atoms with Crippen molar-refractivity contribution in [3.8, 4) is 0 Å². The van der Waals surface area contributed by atoms with Gasteiger partial charge in [-0.25, -0.2) is 0 Å². The Kier molecular flexibility index (Phi) is 5.55. The number of nitrogens with one attached hydrogen (secondary N) is 1. The Morgan fingerprint density at radius 3 is 2.21 bits per heavy atom. The highest BCUT2D eigenvalue weighted by molar-refractivity contribution is 8.00. The molecule has 2 N–H and O–H groups in total. The highest BCUT2D eigenvalue weighted by atomic mass is 32.2. The van der Waals surface area contributed by atoms with Gasteiger partial charge in [0.15, 0.2) is 0 Å². The van der Waals surface area contributed by atoms with Crippen molar-refractivity contribution < 1.29 is 18.3 Å². The Labute approximate surface area is 115 Å². The van der Waals surface area contributed by atoms with E-state index in [9.17, 15) is 18.3 Å². The minimum absolute atomic E-state index is 0.0680. The van der Waals surface area contributed by atoms with Gasteiger partial charge in [-0.15, -0.1) is 0 Å². The van der Waals surface area contributed by atoms with Gasteiger partial charge in [0.1, 0.15) is 0 Å². The van der Waals surface area contributed by atoms with Gasteiger partial charge in [-0.05, 0) is 42.4 Å². The lowest BCUT2D eigenvalue weighted by atomic mass is 9.88. The molecule has 1 unspecified atom stereocenters. The second-order valence-electron chi connectivity index (χ2n) is 4.75. The first-order chi connectivity index (χ1) is 8.78. The number of hydrogen-bond acceptors (Lipinski definition) is 3. The number of rotatable bonds is 6. The minimum atomic E-state index is -4.26. The van der Waals surface area contributed by atoms with Crippen LogP contribution in [0.1, 0.15) is 20.3 Å². The lowest BCUT2D eigenvalue weighted by Crippen LogP contribution is -2.29. The molecule has 0 aliphatic heterocycles. The van der Waals surface area contributed by atoms with Crippen molar-refractivity contribution in [2.24, 2.45) is 5.41 Å². The zero-order chi connectivity index (χ0) is 14.5. The predicted octanol–water partition coefficient (Wildman–Crippen LogP) is 4.12. The normalized spacial score (nSPS) is 15.1. The Balaban J connectivity index is 2.58. The van der Waals surface area contributed by atoms with E-state index in [4.69, 9.17) is 0 Å². The van der Waals surface area contributed by atoms with Crippen molar-refractivity contribution in [3.05, 3.63) is 24.3 Å². The molecule has 0 saturated carbocycles. The van der Waals surface area contributed by atoms with Crippen LogP contribution in [0.15, 0.2) is 29.2 Å². The third-order valence-electron chi connectivity index (χ3n) is 3.04. The molecule has 0 fully saturated rings. The van der Waals surface area contributed by atoms with E-state index < -0.39 is 5.51 Å². The Hall–Kier alpha value is -0.880. The van der Waals surface area contributed by atoms with E-state index in [1.807, 2.05) is 13.8 Å². The van der Waals surface area contributed by atoms with Gasteiger partial charge in [0.25, 0.3) is 0 Å². The number of anilines is 1. The van der Waals surface area contributed by atoms with Gasteiger partial charge in [0.05, 0.1) is 6.61 Å². The second-order valence-corrected chi connectivity index (χ2v) is 5.89. The summed E-state index contributed by atoms with van der Waals surface area (Å²) in [6.07, 6.45) is 0.818. The third-order valence-corrected chi connectivity index (χ3v) is 3.78. The highest BCUT2D eigenvalue weighted by Gasteiger charge is 2.29. The maximum absolute atomic E-state index is 12.2. The minimum Gasteiger partial charge on any atom is -0.396 e. The van der Waals surface area contributed by atoms with Gasteiger partial charge in [-0.1, -0.05) is 13.8 Å². The van der Waals surface area contributed by atoms with Crippen molar-refractivity contribution in [2.45, 2.75) is 30.7 Å². The molecule has 1 aromatic carbocycles. The zero-order valence-electron chi connectivity index (χ0n) is 10.9. The monoisotopic (exact) mass is 293 g/mol. The lowest BCUT2D eigenvalue weighted by molar-refractivity contribution is -0.0328. The quantitative estimate of drug-likeness (QED) is 0.774. The van der Waals surface area contributed by atoms with Gasteiger partial charge in [-0.2, -0.15) is 13.2 Å². The van der Waals surface area contributed by atoms with Crippen LogP contribution in [-0.2, 0) is 0 Å². The number of halogens is 3. The lowest BCUT2D eigenvalue weighted by Gasteiger charge is -2.26. The summed E-state index contributed by atoms with van der Waals surface area (Å²) in [5, 5.41) is 12.4. The van der Waals surface area contributed by atoms with Crippen molar-refractivity contribution in [2.75, 3.05) is 18.5 Å². The van der Waals surface area contributed by atoms with Crippen LogP contribution in [0.3, 0.4) is 0 Å². The molecule has 0 bridgehead atoms. The molecule has 0 aromatic heterocycles. The van der Waals surface area contributed by atoms with Gasteiger partial charge in [-0.3, -0.25) is 0 Å². The molecule has 0 spiro atoms. The number of alkyl halides is 3. The van der Waals surface area contributed by atoms with E-state index in [1.54, 1.807) is 12.1 Å². The Bertz CT molecular complexity index is 388. The summed E-state index contributed by atoms with van der Waals surface area (Å²) in [6, 6.07) is 6.09. The summed E-state index contributed by atoms with van der Waals surface area (Å²) in [4.78, 5) is 0.165. The molecule has 0 aliphatic carbocycles. The van der Waals surface area contributed by atoms with Crippen LogP contribution in [0, 0.1) is 5.41 Å². The van der Waals surface area contributed by atoms with E-state index in [-0.39, 0.29) is 28.7 Å². The average Bonchev–Trinajstić information content (AvgIpc) is 2.36. The fourth-order valence-corrected chi connectivity index (χ4v) is 1.92. The number of aliphatic hydroxyl groups excluding tert-OH is 1. The molecular formula is C13H18F3NOS. The van der Waals surface area contributed by atoms with E-state index >= 15 is 0 Å². The van der Waals surface area contributed by atoms with Crippen LogP contribution in [-0.4, -0.2) is 23.8 Å². The van der Waals surface area contributed by atoms with Crippen molar-refractivity contribution >= 4 is 17.4 Å². The van der Waals surface area contributed by atoms with Crippen molar-refractivity contribution in [1.82, 2.24) is 0 Å². The smallest absolute Gasteiger partial charge is 0.396 e. The van der Waals surface area contributed by atoms with Crippen LogP contribution >= 0.6 is 11.8 Å². The largest absolute Gasteiger partial charge is 0.446 e. The first kappa shape index (κ1) is 16.2. The summed E-state index contributed by atoms with van der Waals surface area (Å²) in [5.74, 6) is 0. The first-order valence-corrected chi connectivity index (χ1v) is 6.80. The van der Waals surface area contributed by atoms with Crippen molar-refractivity contribution in [1.29, 1.82) is 0 Å². The zero-order valence-corrected chi connectivity index (χ0v) is 11.7. The van der Waals surface area contributed by atoms with E-state index in [1.165, 1.54) is 12.1 Å². The molecule has 6 heteroatoms. The number of hydrogen-bond donors (Lipinski definition) is 2. The molecule has 1 rings (SSSR count). The summed E-state index contributed by atoms with van der Waals surface area (Å²) >= 11 is -0.126. The maximum atomic E-state index is 12.2. The van der Waals surface area contributed by atoms with Crippen molar-refractivity contribution in [3.63, 3.8) is 0 Å². The molecule has 108 valence electrons. The van der Waals surface area contributed by atoms with E-state index in [2.05, 4.69) is 5.32 Å². The number of thioether (sulfide) groups is 1. The molecule has 0 radical (unpaired) electrons. The van der Waals surface area contributed by atoms with Gasteiger partial charge in [0, 0.05) is 22.5 Å². The molecule has 2 nitrogen and oxygen atoms in total. The van der Waals surface area contributed by atoms with Crippen LogP contribution in [0.2, 0.25) is 0 Å². The van der Waals surface area contributed by atoms with Crippen LogP contribution < -0.4 is 5.32 Å². The molecule has 19 heavy (non-hydrogen) atoms. The SMILES string of the molecule is CCC(C)(CO)CNc1ccc(SC(F)(F)F)cc1. The first-order valence-electron chi connectivity index (χ1n) is 5.98. The second kappa shape index (κ2) is 6.52. The molecule has 0 saturated heterocycles. The van der Waals surface area contributed by atoms with Crippen LogP contribution in [0.25, 0.3) is 0 Å². The Morgan fingerprint density at radius 1 is 1.21 bits per heavy atom.